The largest absolute Gasteiger partial charge is 0.459 e. The Bertz CT molecular complexity index is 833. The van der Waals surface area contributed by atoms with E-state index >= 15 is 0 Å². The highest BCUT2D eigenvalue weighted by atomic mass is 35.5. The molecule has 0 atom stereocenters. The Hall–Kier alpha value is -1.55. The maximum Gasteiger partial charge on any atom is 0.309 e. The van der Waals surface area contributed by atoms with Gasteiger partial charge in [-0.15, -0.1) is 5.10 Å². The number of esters is 1. The maximum absolute atomic E-state index is 12.6. The average Bonchev–Trinajstić information content (AvgIpc) is 3.05. The molecule has 134 valence electrons. The fourth-order valence-corrected chi connectivity index (χ4v) is 4.71. The predicted molar refractivity (Wildman–Crippen MR) is 92.6 cm³/mol. The van der Waals surface area contributed by atoms with Crippen LogP contribution in [-0.2, 0) is 26.2 Å². The zero-order chi connectivity index (χ0) is 17.9. The van der Waals surface area contributed by atoms with Crippen molar-refractivity contribution < 1.29 is 17.9 Å². The van der Waals surface area contributed by atoms with Crippen molar-refractivity contribution in [2.24, 2.45) is 5.92 Å². The summed E-state index contributed by atoms with van der Waals surface area (Å²) in [7, 11) is -3.52. The highest BCUT2D eigenvalue weighted by molar-refractivity contribution is 7.89. The van der Waals surface area contributed by atoms with Crippen LogP contribution in [0.4, 0.5) is 0 Å². The third-order valence-electron chi connectivity index (χ3n) is 4.03. The fourth-order valence-electron chi connectivity index (χ4n) is 2.61. The van der Waals surface area contributed by atoms with Crippen LogP contribution in [0, 0.1) is 5.92 Å². The Morgan fingerprint density at radius 3 is 2.56 bits per heavy atom. The number of carbonyl (C=O) groups excluding carboxylic acids is 1. The summed E-state index contributed by atoms with van der Waals surface area (Å²) in [5.41, 5.74) is 0.434. The van der Waals surface area contributed by atoms with Crippen molar-refractivity contribution in [1.82, 2.24) is 13.9 Å². The number of halogens is 1. The quantitative estimate of drug-likeness (QED) is 0.714. The molecule has 0 spiro atoms. The highest BCUT2D eigenvalue weighted by Crippen LogP contribution is 2.25. The summed E-state index contributed by atoms with van der Waals surface area (Å²) in [6, 6.07) is 8.29. The first kappa shape index (κ1) is 18.2. The molecule has 1 fully saturated rings. The first-order chi connectivity index (χ1) is 12.0. The van der Waals surface area contributed by atoms with E-state index in [1.54, 1.807) is 30.3 Å². The van der Waals surface area contributed by atoms with E-state index in [4.69, 9.17) is 16.3 Å². The summed E-state index contributed by atoms with van der Waals surface area (Å²) in [6.07, 6.45) is 0.849. The molecule has 1 aliphatic heterocycles. The SMILES string of the molecule is O=C(OCc1nnsc1Cl)C1CCN(S(=O)(=O)c2ccccc2)CC1. The standard InChI is InChI=1S/C15H16ClN3O4S2/c16-14-13(17-18-24-14)10-23-15(20)11-6-8-19(9-7-11)25(21,22)12-4-2-1-3-5-12/h1-5,11H,6-10H2. The number of piperidine rings is 1. The van der Waals surface area contributed by atoms with E-state index in [1.165, 1.54) is 4.31 Å². The van der Waals surface area contributed by atoms with E-state index in [-0.39, 0.29) is 36.5 Å². The second kappa shape index (κ2) is 7.77. The van der Waals surface area contributed by atoms with Crippen LogP contribution in [0.1, 0.15) is 18.5 Å². The number of sulfonamides is 1. The molecule has 7 nitrogen and oxygen atoms in total. The first-order valence-corrected chi connectivity index (χ1v) is 10.3. The molecule has 0 unspecified atom stereocenters. The maximum atomic E-state index is 12.6. The molecule has 0 aliphatic carbocycles. The van der Waals surface area contributed by atoms with E-state index in [2.05, 4.69) is 9.59 Å². The molecule has 0 bridgehead atoms. The van der Waals surface area contributed by atoms with Gasteiger partial charge in [-0.1, -0.05) is 34.3 Å². The molecule has 1 aromatic heterocycles. The Morgan fingerprint density at radius 1 is 1.28 bits per heavy atom. The van der Waals surface area contributed by atoms with Crippen molar-refractivity contribution in [3.05, 3.63) is 40.4 Å². The number of hydrogen-bond donors (Lipinski definition) is 0. The molecule has 10 heteroatoms. The summed E-state index contributed by atoms with van der Waals surface area (Å²) in [6.45, 7) is 0.558. The van der Waals surface area contributed by atoms with Gasteiger partial charge in [0.05, 0.1) is 10.8 Å². The van der Waals surface area contributed by atoms with E-state index in [9.17, 15) is 13.2 Å². The van der Waals surface area contributed by atoms with Gasteiger partial charge < -0.3 is 4.74 Å². The monoisotopic (exact) mass is 401 g/mol. The van der Waals surface area contributed by atoms with Gasteiger partial charge in [0, 0.05) is 24.6 Å². The van der Waals surface area contributed by atoms with Gasteiger partial charge in [-0.05, 0) is 25.0 Å². The average molecular weight is 402 g/mol. The zero-order valence-electron chi connectivity index (χ0n) is 13.2. The predicted octanol–water partition coefficient (Wildman–Crippen LogP) is 2.34. The van der Waals surface area contributed by atoms with Gasteiger partial charge in [0.2, 0.25) is 10.0 Å². The Balaban J connectivity index is 1.55. The molecule has 25 heavy (non-hydrogen) atoms. The smallest absolute Gasteiger partial charge is 0.309 e. The van der Waals surface area contributed by atoms with Crippen LogP contribution in [-0.4, -0.2) is 41.4 Å². The lowest BCUT2D eigenvalue weighted by atomic mass is 9.98. The molecule has 1 aromatic carbocycles. The van der Waals surface area contributed by atoms with Crippen molar-refractivity contribution >= 4 is 39.1 Å². The van der Waals surface area contributed by atoms with E-state index in [0.717, 1.165) is 11.5 Å². The first-order valence-electron chi connectivity index (χ1n) is 7.67. The normalized spacial score (nSPS) is 16.7. The van der Waals surface area contributed by atoms with Crippen LogP contribution in [0.15, 0.2) is 35.2 Å². The van der Waals surface area contributed by atoms with Gasteiger partial charge in [-0.25, -0.2) is 8.42 Å². The van der Waals surface area contributed by atoms with Crippen LogP contribution in [0.2, 0.25) is 4.34 Å². The minimum atomic E-state index is -3.52. The summed E-state index contributed by atoms with van der Waals surface area (Å²) in [5.74, 6) is -0.687. The van der Waals surface area contributed by atoms with Crippen LogP contribution in [0.25, 0.3) is 0 Å². The number of benzene rings is 1. The van der Waals surface area contributed by atoms with Gasteiger partial charge in [-0.2, -0.15) is 4.31 Å². The number of hydrogen-bond acceptors (Lipinski definition) is 7. The van der Waals surface area contributed by atoms with Crippen molar-refractivity contribution in [2.45, 2.75) is 24.3 Å². The van der Waals surface area contributed by atoms with Crippen LogP contribution < -0.4 is 0 Å². The lowest BCUT2D eigenvalue weighted by molar-refractivity contribution is -0.151. The number of rotatable bonds is 5. The van der Waals surface area contributed by atoms with E-state index in [1.807, 2.05) is 0 Å². The van der Waals surface area contributed by atoms with Gasteiger partial charge in [0.25, 0.3) is 0 Å². The Kier molecular flexibility index (Phi) is 5.67. The number of aromatic nitrogens is 2. The Labute approximate surface area is 154 Å². The van der Waals surface area contributed by atoms with Crippen molar-refractivity contribution in [3.63, 3.8) is 0 Å². The second-order valence-electron chi connectivity index (χ2n) is 5.59. The molecule has 0 N–H and O–H groups in total. The lowest BCUT2D eigenvalue weighted by Gasteiger charge is -2.30. The topological polar surface area (TPSA) is 89.5 Å². The third-order valence-corrected chi connectivity index (χ3v) is 6.93. The third kappa shape index (κ3) is 4.17. The molecule has 1 aliphatic rings. The fraction of sp³-hybridized carbons (Fsp3) is 0.400. The minimum Gasteiger partial charge on any atom is -0.459 e. The summed E-state index contributed by atoms with van der Waals surface area (Å²) in [4.78, 5) is 12.4. The molecule has 0 saturated carbocycles. The van der Waals surface area contributed by atoms with Gasteiger partial charge in [0.15, 0.2) is 0 Å². The van der Waals surface area contributed by atoms with Crippen LogP contribution in [0.3, 0.4) is 0 Å². The van der Waals surface area contributed by atoms with Crippen molar-refractivity contribution in [1.29, 1.82) is 0 Å². The zero-order valence-corrected chi connectivity index (χ0v) is 15.6. The summed E-state index contributed by atoms with van der Waals surface area (Å²) < 4.78 is 35.8. The van der Waals surface area contributed by atoms with Crippen LogP contribution >= 0.6 is 23.1 Å². The molecule has 3 rings (SSSR count). The van der Waals surface area contributed by atoms with E-state index < -0.39 is 10.0 Å². The van der Waals surface area contributed by atoms with Gasteiger partial charge >= 0.3 is 5.97 Å². The second-order valence-corrected chi connectivity index (χ2v) is 8.89. The molecule has 2 aromatic rings. The highest BCUT2D eigenvalue weighted by Gasteiger charge is 2.32. The molecule has 0 radical (unpaired) electrons. The van der Waals surface area contributed by atoms with E-state index in [0.29, 0.717) is 22.9 Å². The number of nitrogens with zero attached hydrogens (tertiary/aromatic N) is 3. The Morgan fingerprint density at radius 2 is 1.96 bits per heavy atom. The van der Waals surface area contributed by atoms with Gasteiger partial charge in [0.1, 0.15) is 16.6 Å². The summed E-state index contributed by atoms with van der Waals surface area (Å²) in [5, 5.41) is 3.78. The molecular formula is C15H16ClN3O4S2. The van der Waals surface area contributed by atoms with Crippen LogP contribution in [0.5, 0.6) is 0 Å². The lowest BCUT2D eigenvalue weighted by Crippen LogP contribution is -2.40. The molecular weight excluding hydrogens is 386 g/mol. The van der Waals surface area contributed by atoms with Crippen molar-refractivity contribution in [2.75, 3.05) is 13.1 Å². The molecule has 2 heterocycles. The molecule has 0 amide bonds. The molecule has 1 saturated heterocycles. The number of ether oxygens (including phenoxy) is 1. The summed E-state index contributed by atoms with van der Waals surface area (Å²) >= 11 is 6.90. The van der Waals surface area contributed by atoms with Gasteiger partial charge in [-0.3, -0.25) is 4.79 Å². The van der Waals surface area contributed by atoms with Crippen molar-refractivity contribution in [3.8, 4) is 0 Å². The minimum absolute atomic E-state index is 0.0172. The number of carbonyl (C=O) groups is 1.